The minimum Gasteiger partial charge on any atom is -0.494 e. The summed E-state index contributed by atoms with van der Waals surface area (Å²) in [6.45, 7) is 2.15. The lowest BCUT2D eigenvalue weighted by molar-refractivity contribution is -0.143. The number of nitrogens with zero attached hydrogens (tertiary/aromatic N) is 2. The highest BCUT2D eigenvalue weighted by Gasteiger charge is 2.37. The lowest BCUT2D eigenvalue weighted by atomic mass is 10.1. The fourth-order valence-electron chi connectivity index (χ4n) is 2.56. The van der Waals surface area contributed by atoms with Crippen molar-refractivity contribution in [3.63, 3.8) is 0 Å². The van der Waals surface area contributed by atoms with Gasteiger partial charge in [-0.1, -0.05) is 0 Å². The Morgan fingerprint density at radius 1 is 0.893 bits per heavy atom. The average molecular weight is 401 g/mol. The zero-order valence-corrected chi connectivity index (χ0v) is 14.3. The maximum Gasteiger partial charge on any atom is 0.416 e. The van der Waals surface area contributed by atoms with E-state index in [0.717, 1.165) is 6.33 Å². The molecule has 10 heteroatoms. The Bertz CT molecular complexity index is 969. The van der Waals surface area contributed by atoms with Crippen molar-refractivity contribution in [2.45, 2.75) is 19.3 Å². The van der Waals surface area contributed by atoms with Crippen LogP contribution in [0.25, 0.3) is 10.9 Å². The van der Waals surface area contributed by atoms with Crippen LogP contribution in [0.5, 0.6) is 5.75 Å². The molecule has 0 aliphatic heterocycles. The van der Waals surface area contributed by atoms with Gasteiger partial charge in [0.05, 0.1) is 23.3 Å². The first kappa shape index (κ1) is 19.7. The second-order valence-corrected chi connectivity index (χ2v) is 5.75. The SMILES string of the molecule is CCOc1ccc2ncnc(Nc3cc(C(F)(F)F)cc(C(F)(F)F)c3)c2c1. The van der Waals surface area contributed by atoms with Gasteiger partial charge in [0, 0.05) is 11.1 Å². The topological polar surface area (TPSA) is 47.0 Å². The van der Waals surface area contributed by atoms with Gasteiger partial charge in [-0.15, -0.1) is 0 Å². The third-order valence-electron chi connectivity index (χ3n) is 3.77. The number of rotatable bonds is 4. The molecule has 2 aromatic carbocycles. The maximum absolute atomic E-state index is 13.0. The summed E-state index contributed by atoms with van der Waals surface area (Å²) < 4.78 is 83.5. The van der Waals surface area contributed by atoms with Crippen molar-refractivity contribution in [2.75, 3.05) is 11.9 Å². The normalized spacial score (nSPS) is 12.2. The zero-order valence-electron chi connectivity index (χ0n) is 14.3. The van der Waals surface area contributed by atoms with Crippen molar-refractivity contribution < 1.29 is 31.1 Å². The lowest BCUT2D eigenvalue weighted by Crippen LogP contribution is -2.11. The number of halogens is 6. The highest BCUT2D eigenvalue weighted by Crippen LogP contribution is 2.38. The van der Waals surface area contributed by atoms with Crippen LogP contribution in [-0.4, -0.2) is 16.6 Å². The van der Waals surface area contributed by atoms with E-state index < -0.39 is 29.2 Å². The van der Waals surface area contributed by atoms with E-state index in [0.29, 0.717) is 35.4 Å². The minimum absolute atomic E-state index is 0.0546. The quantitative estimate of drug-likeness (QED) is 0.561. The number of hydrogen-bond acceptors (Lipinski definition) is 4. The molecule has 1 N–H and O–H groups in total. The van der Waals surface area contributed by atoms with Crippen molar-refractivity contribution in [3.8, 4) is 5.75 Å². The molecule has 0 fully saturated rings. The Morgan fingerprint density at radius 3 is 2.11 bits per heavy atom. The van der Waals surface area contributed by atoms with Crippen LogP contribution < -0.4 is 10.1 Å². The van der Waals surface area contributed by atoms with E-state index in [9.17, 15) is 26.3 Å². The first-order valence-electron chi connectivity index (χ1n) is 8.02. The third kappa shape index (κ3) is 4.26. The molecule has 0 atom stereocenters. The Morgan fingerprint density at radius 2 is 1.54 bits per heavy atom. The number of fused-ring (bicyclic) bond motifs is 1. The van der Waals surface area contributed by atoms with Crippen LogP contribution in [0.4, 0.5) is 37.8 Å². The summed E-state index contributed by atoms with van der Waals surface area (Å²) in [6.07, 6.45) is -8.72. The Kier molecular flexibility index (Phi) is 5.05. The number of alkyl halides is 6. The van der Waals surface area contributed by atoms with E-state index in [4.69, 9.17) is 4.74 Å². The molecule has 0 amide bonds. The van der Waals surface area contributed by atoms with Gasteiger partial charge < -0.3 is 10.1 Å². The predicted molar refractivity (Wildman–Crippen MR) is 90.4 cm³/mol. The molecule has 3 aromatic rings. The Hall–Kier alpha value is -3.04. The van der Waals surface area contributed by atoms with Crippen LogP contribution in [0.15, 0.2) is 42.7 Å². The molecule has 28 heavy (non-hydrogen) atoms. The zero-order chi connectivity index (χ0) is 20.5. The minimum atomic E-state index is -4.94. The number of aromatic nitrogens is 2. The summed E-state index contributed by atoms with van der Waals surface area (Å²) in [5, 5.41) is 2.92. The monoisotopic (exact) mass is 401 g/mol. The number of benzene rings is 2. The molecule has 0 unspecified atom stereocenters. The first-order chi connectivity index (χ1) is 13.1. The van der Waals surface area contributed by atoms with Gasteiger partial charge in [-0.25, -0.2) is 9.97 Å². The number of nitrogens with one attached hydrogen (secondary N) is 1. The second kappa shape index (κ2) is 7.17. The summed E-state index contributed by atoms with van der Waals surface area (Å²) in [6, 6.07) is 6.07. The van der Waals surface area contributed by atoms with Gasteiger partial charge in [-0.05, 0) is 43.3 Å². The van der Waals surface area contributed by atoms with Gasteiger partial charge in [0.25, 0.3) is 0 Å². The smallest absolute Gasteiger partial charge is 0.416 e. The molecular weight excluding hydrogens is 388 g/mol. The molecule has 0 aliphatic carbocycles. The molecule has 0 spiro atoms. The first-order valence-corrected chi connectivity index (χ1v) is 8.02. The van der Waals surface area contributed by atoms with Gasteiger partial charge in [0.2, 0.25) is 0 Å². The summed E-state index contributed by atoms with van der Waals surface area (Å²) in [5.74, 6) is 0.520. The molecule has 1 aromatic heterocycles. The third-order valence-corrected chi connectivity index (χ3v) is 3.77. The van der Waals surface area contributed by atoms with Crippen LogP contribution in [-0.2, 0) is 12.4 Å². The molecule has 0 saturated carbocycles. The van der Waals surface area contributed by atoms with Gasteiger partial charge in [-0.2, -0.15) is 26.3 Å². The summed E-state index contributed by atoms with van der Waals surface area (Å²) in [7, 11) is 0. The van der Waals surface area contributed by atoms with Crippen molar-refractivity contribution in [2.24, 2.45) is 0 Å². The Balaban J connectivity index is 2.09. The predicted octanol–water partition coefficient (Wildman–Crippen LogP) is 5.81. The van der Waals surface area contributed by atoms with E-state index in [-0.39, 0.29) is 11.9 Å². The van der Waals surface area contributed by atoms with Crippen LogP contribution in [0.1, 0.15) is 18.1 Å². The van der Waals surface area contributed by atoms with Gasteiger partial charge in [0.15, 0.2) is 0 Å². The molecular formula is C18H13F6N3O. The van der Waals surface area contributed by atoms with Gasteiger partial charge in [0.1, 0.15) is 17.9 Å². The molecule has 0 aliphatic rings. The highest BCUT2D eigenvalue weighted by atomic mass is 19.4. The summed E-state index contributed by atoms with van der Waals surface area (Å²) in [4.78, 5) is 7.98. The fraction of sp³-hybridized carbons (Fsp3) is 0.222. The van der Waals surface area contributed by atoms with Gasteiger partial charge in [-0.3, -0.25) is 0 Å². The van der Waals surface area contributed by atoms with Crippen LogP contribution in [0.2, 0.25) is 0 Å². The molecule has 0 bridgehead atoms. The van der Waals surface area contributed by atoms with Crippen LogP contribution in [0, 0.1) is 0 Å². The van der Waals surface area contributed by atoms with Crippen LogP contribution >= 0.6 is 0 Å². The molecule has 1 heterocycles. The van der Waals surface area contributed by atoms with Crippen LogP contribution in [0.3, 0.4) is 0 Å². The standard InChI is InChI=1S/C18H13F6N3O/c1-2-28-13-3-4-15-14(8-13)16(26-9-25-15)27-12-6-10(17(19,20)21)5-11(7-12)18(22,23)24/h3-9H,2H2,1H3,(H,25,26,27). The number of ether oxygens (including phenoxy) is 1. The van der Waals surface area contributed by atoms with E-state index in [1.54, 1.807) is 25.1 Å². The molecule has 0 saturated heterocycles. The van der Waals surface area contributed by atoms with Crippen molar-refractivity contribution >= 4 is 22.4 Å². The fourth-order valence-corrected chi connectivity index (χ4v) is 2.56. The van der Waals surface area contributed by atoms with Crippen molar-refractivity contribution in [1.82, 2.24) is 9.97 Å². The lowest BCUT2D eigenvalue weighted by Gasteiger charge is -2.15. The highest BCUT2D eigenvalue weighted by molar-refractivity contribution is 5.91. The average Bonchev–Trinajstić information content (AvgIpc) is 2.61. The molecule has 3 rings (SSSR count). The van der Waals surface area contributed by atoms with E-state index >= 15 is 0 Å². The molecule has 0 radical (unpaired) electrons. The summed E-state index contributed by atoms with van der Waals surface area (Å²) >= 11 is 0. The van der Waals surface area contributed by atoms with Gasteiger partial charge >= 0.3 is 12.4 Å². The van der Waals surface area contributed by atoms with E-state index in [2.05, 4.69) is 15.3 Å². The molecule has 4 nitrogen and oxygen atoms in total. The van der Waals surface area contributed by atoms with E-state index in [1.807, 2.05) is 0 Å². The van der Waals surface area contributed by atoms with Crippen molar-refractivity contribution in [3.05, 3.63) is 53.9 Å². The Labute approximate surface area is 155 Å². The largest absolute Gasteiger partial charge is 0.494 e. The maximum atomic E-state index is 13.0. The van der Waals surface area contributed by atoms with Crippen molar-refractivity contribution in [1.29, 1.82) is 0 Å². The molecule has 148 valence electrons. The second-order valence-electron chi connectivity index (χ2n) is 5.75. The number of hydrogen-bond donors (Lipinski definition) is 1. The summed E-state index contributed by atoms with van der Waals surface area (Å²) in [5.41, 5.74) is -2.79. The van der Waals surface area contributed by atoms with E-state index in [1.165, 1.54) is 0 Å². The number of anilines is 2.